The molecule has 0 aliphatic carbocycles. The van der Waals surface area contributed by atoms with Gasteiger partial charge < -0.3 is 0 Å². The van der Waals surface area contributed by atoms with Crippen LogP contribution in [0.25, 0.3) is 0 Å². The summed E-state index contributed by atoms with van der Waals surface area (Å²) < 4.78 is 0. The fourth-order valence-corrected chi connectivity index (χ4v) is 1.49. The molecule has 0 spiro atoms. The summed E-state index contributed by atoms with van der Waals surface area (Å²) in [6.07, 6.45) is 0. The van der Waals surface area contributed by atoms with Crippen LogP contribution in [0, 0.1) is 20.8 Å². The first-order valence-corrected chi connectivity index (χ1v) is 4.22. The molecular weight excluding hydrogens is 127 g/mol. The molecule has 0 bridgehead atoms. The molecule has 0 fully saturated rings. The summed E-state index contributed by atoms with van der Waals surface area (Å²) in [5.74, 6) is 0. The second kappa shape index (κ2) is 3.48. The molecule has 0 saturated heterocycles. The number of aryl methyl sites for hydroxylation is 2. The first kappa shape index (κ1) is 8.91. The number of rotatable bonds is 1. The fraction of sp³-hybridized carbons (Fsp3) is 0.400. The van der Waals surface area contributed by atoms with Gasteiger partial charge in [-0.25, -0.2) is 0 Å². The molecule has 0 nitrogen and oxygen atoms in total. The molecule has 1 aromatic rings. The second-order valence-corrected chi connectivity index (χ2v) is 3.22. The predicted molar refractivity (Wildman–Crippen MR) is 50.1 cm³/mol. The zero-order valence-electron chi connectivity index (χ0n) is 7.86. The average Bonchev–Trinajstić information content (AvgIpc) is 1.96. The minimum atomic E-state index is 1.15. The van der Waals surface area contributed by atoms with Crippen molar-refractivity contribution in [2.24, 2.45) is 0 Å². The molecule has 1 rings (SSSR count). The third-order valence-corrected chi connectivity index (χ3v) is 2.30. The van der Waals surface area contributed by atoms with Crippen molar-refractivity contribution < 1.29 is 0 Å². The van der Waals surface area contributed by atoms with Gasteiger partial charge in [0, 0.05) is 0 Å². The average molecular weight is 140 g/mol. The minimum absolute atomic E-state index is 1.15. The van der Waals surface area contributed by atoms with Gasteiger partial charge in [-0.2, -0.15) is 0 Å². The van der Waals surface area contributed by atoms with Crippen molar-refractivity contribution in [2.75, 3.05) is 0 Å². The summed E-state index contributed by atoms with van der Waals surface area (Å²) in [5, 5.41) is 1.15. The van der Waals surface area contributed by atoms with Crippen molar-refractivity contribution in [1.29, 1.82) is 0 Å². The van der Waals surface area contributed by atoms with Gasteiger partial charge in [-0.3, -0.25) is 0 Å². The van der Waals surface area contributed by atoms with Gasteiger partial charge in [0.2, 0.25) is 0 Å². The van der Waals surface area contributed by atoms with Crippen LogP contribution in [0.15, 0.2) is 12.1 Å². The van der Waals surface area contributed by atoms with Gasteiger partial charge in [0.15, 0.2) is 0 Å². The van der Waals surface area contributed by atoms with E-state index in [2.05, 4.69) is 50.6 Å². The molecule has 1 heteroatoms. The van der Waals surface area contributed by atoms with E-state index in [1.807, 2.05) is 0 Å². The van der Waals surface area contributed by atoms with Crippen LogP contribution in [0.1, 0.15) is 22.3 Å². The molecule has 0 unspecified atom stereocenters. The van der Waals surface area contributed by atoms with Crippen molar-refractivity contribution in [1.82, 2.24) is 0 Å². The van der Waals surface area contributed by atoms with Crippen LogP contribution in [-0.4, -0.2) is 17.7 Å². The Morgan fingerprint density at radius 2 is 1.82 bits per heavy atom. The quantitative estimate of drug-likeness (QED) is 0.525. The summed E-state index contributed by atoms with van der Waals surface area (Å²) >= 11 is 2.21. The molecule has 0 aliphatic rings. The van der Waals surface area contributed by atoms with Gasteiger partial charge in [-0.1, -0.05) is 0 Å². The van der Waals surface area contributed by atoms with Crippen LogP contribution in [-0.2, 0) is 5.09 Å². The van der Waals surface area contributed by atoms with Crippen molar-refractivity contribution in [3.63, 3.8) is 0 Å². The maximum absolute atomic E-state index is 2.28. The summed E-state index contributed by atoms with van der Waals surface area (Å²) in [7, 11) is 0. The molecule has 0 N–H and O–H groups in total. The molecule has 54 valence electrons. The Morgan fingerprint density at radius 1 is 1.18 bits per heavy atom. The van der Waals surface area contributed by atoms with E-state index in [9.17, 15) is 0 Å². The van der Waals surface area contributed by atoms with Gasteiger partial charge >= 0.3 is 78.0 Å². The summed E-state index contributed by atoms with van der Waals surface area (Å²) in [6.45, 7) is 6.54. The van der Waals surface area contributed by atoms with Crippen molar-refractivity contribution >= 4 is 17.7 Å². The first-order valence-electron chi connectivity index (χ1n) is 4.22. The van der Waals surface area contributed by atoms with Crippen molar-refractivity contribution in [3.05, 3.63) is 34.4 Å². The van der Waals surface area contributed by atoms with Gasteiger partial charge in [-0.15, -0.1) is 0 Å². The van der Waals surface area contributed by atoms with E-state index in [0.29, 0.717) is 0 Å². The molecule has 0 saturated carbocycles. The molecule has 0 heterocycles. The van der Waals surface area contributed by atoms with E-state index in [4.69, 9.17) is 0 Å². The molecule has 11 heavy (non-hydrogen) atoms. The van der Waals surface area contributed by atoms with Crippen LogP contribution >= 0.6 is 0 Å². The maximum atomic E-state index is 2.28. The molecule has 0 atom stereocenters. The molecule has 0 aliphatic heterocycles. The normalized spacial score (nSPS) is 10.3. The molecule has 0 amide bonds. The van der Waals surface area contributed by atoms with Gasteiger partial charge in [0.05, 0.1) is 0 Å². The monoisotopic (exact) mass is 140 g/mol. The topological polar surface area (TPSA) is 0 Å². The van der Waals surface area contributed by atoms with E-state index >= 15 is 0 Å². The van der Waals surface area contributed by atoms with E-state index in [-0.39, 0.29) is 0 Å². The van der Waals surface area contributed by atoms with Crippen molar-refractivity contribution in [3.8, 4) is 0 Å². The predicted octanol–water partition coefficient (Wildman–Crippen LogP) is 2.28. The van der Waals surface area contributed by atoms with Crippen LogP contribution in [0.4, 0.5) is 0 Å². The van der Waals surface area contributed by atoms with Gasteiger partial charge in [0.25, 0.3) is 0 Å². The molecule has 1 aromatic carbocycles. The zero-order chi connectivity index (χ0) is 8.43. The second-order valence-electron chi connectivity index (χ2n) is 3.22. The Hall–Kier alpha value is -0.183. The molecule has 0 radical (unpaired) electrons. The molecular formula is C10H13Li. The Kier molecular flexibility index (Phi) is 2.82. The third-order valence-electron chi connectivity index (χ3n) is 2.30. The van der Waals surface area contributed by atoms with Gasteiger partial charge in [-0.05, 0) is 0 Å². The van der Waals surface area contributed by atoms with Crippen LogP contribution in [0.2, 0.25) is 0 Å². The van der Waals surface area contributed by atoms with Crippen LogP contribution in [0.3, 0.4) is 0 Å². The number of benzene rings is 1. The Balaban J connectivity index is 3.24. The summed E-state index contributed by atoms with van der Waals surface area (Å²) in [4.78, 5) is 0. The molecule has 0 aromatic heterocycles. The zero-order valence-corrected chi connectivity index (χ0v) is 7.86. The fourth-order valence-electron chi connectivity index (χ4n) is 1.49. The van der Waals surface area contributed by atoms with E-state index in [1.54, 1.807) is 0 Å². The van der Waals surface area contributed by atoms with Crippen LogP contribution < -0.4 is 0 Å². The van der Waals surface area contributed by atoms with E-state index < -0.39 is 0 Å². The number of hydrogen-bond donors (Lipinski definition) is 0. The standard InChI is InChI=1S/C10H13.Li/c1-7-5-8(2)10(4)9(3)6-7;/h5-6H,2H2,1,3-4H3;. The Bertz CT molecular complexity index is 264. The van der Waals surface area contributed by atoms with E-state index in [0.717, 1.165) is 5.09 Å². The van der Waals surface area contributed by atoms with E-state index in [1.165, 1.54) is 22.3 Å². The SMILES string of the molecule is [Li][CH2]c1cc(C)cc(C)c1C. The summed E-state index contributed by atoms with van der Waals surface area (Å²) in [6, 6.07) is 4.52. The van der Waals surface area contributed by atoms with Gasteiger partial charge in [0.1, 0.15) is 0 Å². The van der Waals surface area contributed by atoms with Crippen molar-refractivity contribution in [2.45, 2.75) is 25.9 Å². The summed E-state index contributed by atoms with van der Waals surface area (Å²) in [5.41, 5.74) is 5.74. The Morgan fingerprint density at radius 3 is 2.36 bits per heavy atom. The number of hydrogen-bond acceptors (Lipinski definition) is 0. The van der Waals surface area contributed by atoms with Crippen LogP contribution in [0.5, 0.6) is 0 Å². The Labute approximate surface area is 78.2 Å². The first-order chi connectivity index (χ1) is 5.15. The third kappa shape index (κ3) is 1.89.